The molecule has 57 heavy (non-hydrogen) atoms. The minimum atomic E-state index is -0.0839. The van der Waals surface area contributed by atoms with E-state index < -0.39 is 0 Å². The summed E-state index contributed by atoms with van der Waals surface area (Å²) in [7, 11) is 0. The molecule has 4 aliphatic rings. The van der Waals surface area contributed by atoms with Gasteiger partial charge in [0.15, 0.2) is 0 Å². The first-order chi connectivity index (χ1) is 27.5. The number of ether oxygens (including phenoxy) is 2. The fraction of sp³-hybridized carbons (Fsp3) is 0.160. The molecule has 14 rings (SSSR count). The predicted octanol–water partition coefficient (Wildman–Crippen LogP) is 9.05. The molecule has 0 aliphatic carbocycles. The molecule has 7 aromatic carbocycles. The van der Waals surface area contributed by atoms with Crippen LogP contribution in [-0.4, -0.2) is 18.0 Å². The zero-order valence-corrected chi connectivity index (χ0v) is 32.5. The van der Waals surface area contributed by atoms with E-state index in [4.69, 9.17) is 18.3 Å². The van der Waals surface area contributed by atoms with Crippen molar-refractivity contribution in [1.82, 2.24) is 4.57 Å². The number of aromatic nitrogens is 1. The molecule has 5 nitrogen and oxygen atoms in total. The van der Waals surface area contributed by atoms with Crippen LogP contribution in [0.4, 0.5) is 0 Å². The fourth-order valence-corrected chi connectivity index (χ4v) is 10.9. The average molecular weight is 735 g/mol. The van der Waals surface area contributed by atoms with Crippen LogP contribution in [0, 0.1) is 0 Å². The Morgan fingerprint density at radius 3 is 1.37 bits per heavy atom. The summed E-state index contributed by atoms with van der Waals surface area (Å²) in [5.74, 6) is 3.48. The molecular weight excluding hydrogens is 700 g/mol. The van der Waals surface area contributed by atoms with E-state index in [1.54, 1.807) is 0 Å². The van der Waals surface area contributed by atoms with E-state index in [-0.39, 0.29) is 24.3 Å². The Morgan fingerprint density at radius 2 is 0.912 bits per heavy atom. The highest BCUT2D eigenvalue weighted by atomic mass is 16.5. The van der Waals surface area contributed by atoms with Crippen LogP contribution >= 0.6 is 0 Å². The van der Waals surface area contributed by atoms with Gasteiger partial charge in [-0.3, -0.25) is 0 Å². The molecule has 0 saturated heterocycles. The number of nitrogens with zero attached hydrogens (tertiary/aromatic N) is 1. The quantitative estimate of drug-likeness (QED) is 0.146. The van der Waals surface area contributed by atoms with Crippen molar-refractivity contribution < 1.29 is 18.3 Å². The maximum atomic E-state index is 7.04. The Morgan fingerprint density at radius 1 is 0.456 bits per heavy atom. The van der Waals surface area contributed by atoms with Crippen LogP contribution in [0.3, 0.4) is 0 Å². The minimum absolute atomic E-state index is 0.0434. The number of hydrogen-bond acceptors (Lipinski definition) is 4. The monoisotopic (exact) mass is 735 g/mol. The highest BCUT2D eigenvalue weighted by Crippen LogP contribution is 2.48. The number of furan rings is 2. The third kappa shape index (κ3) is 3.58. The number of rotatable bonds is 0. The third-order valence-corrected chi connectivity index (χ3v) is 13.6. The molecule has 0 saturated carbocycles. The summed E-state index contributed by atoms with van der Waals surface area (Å²) in [5.41, 5.74) is 16.9. The molecular formula is C50H35B2NO4. The third-order valence-electron chi connectivity index (χ3n) is 13.6. The summed E-state index contributed by atoms with van der Waals surface area (Å²) < 4.78 is 30.7. The van der Waals surface area contributed by atoms with Crippen molar-refractivity contribution in [3.05, 3.63) is 114 Å². The average Bonchev–Trinajstić information content (AvgIpc) is 3.87. The van der Waals surface area contributed by atoms with Gasteiger partial charge in [-0.05, 0) is 79.0 Å². The van der Waals surface area contributed by atoms with Gasteiger partial charge in [0.2, 0.25) is 0 Å². The van der Waals surface area contributed by atoms with Crippen LogP contribution < -0.4 is 42.3 Å². The van der Waals surface area contributed by atoms with Crippen LogP contribution in [0.2, 0.25) is 0 Å². The van der Waals surface area contributed by atoms with Crippen molar-refractivity contribution in [2.75, 3.05) is 0 Å². The SMILES string of the molecule is CC(C)(C)c1ccc2c(c1)B1c3c(cc4c5c3-n3c6c1cc1c7ccccc7oc1c6c1c6oc7ccccc7c6cc(c13)B5c1cc(C(C)(C)C)ccc1O4)O2. The van der Waals surface area contributed by atoms with Crippen LogP contribution in [0.15, 0.2) is 112 Å². The standard InChI is InChI=1S/C50H35B2NO4/c1-49(2,3)24-15-17-36-30(19-24)51-32-21-28-26-11-7-9-13-34(26)56-47(28)40-41-45-33(22-29-27-12-8-10-14-35(27)57-48(29)41)52-31-20-25(50(4,5)6)16-18-37(31)55-39-23-38(54-36)42(51)46(43(39)52)53(45)44(32)40/h7-23H,1-6H3. The van der Waals surface area contributed by atoms with E-state index in [0.29, 0.717) is 0 Å². The van der Waals surface area contributed by atoms with E-state index >= 15 is 0 Å². The van der Waals surface area contributed by atoms with Crippen LogP contribution in [0.1, 0.15) is 52.7 Å². The molecule has 0 fully saturated rings. The lowest BCUT2D eigenvalue weighted by atomic mass is 9.30. The molecule has 7 heterocycles. The largest absolute Gasteiger partial charge is 0.458 e. The van der Waals surface area contributed by atoms with Gasteiger partial charge in [-0.1, -0.05) is 114 Å². The van der Waals surface area contributed by atoms with Gasteiger partial charge >= 0.3 is 0 Å². The van der Waals surface area contributed by atoms with Gasteiger partial charge in [0, 0.05) is 33.3 Å². The molecule has 0 radical (unpaired) electrons. The second kappa shape index (κ2) is 9.61. The maximum absolute atomic E-state index is 7.04. The number of para-hydroxylation sites is 2. The van der Waals surface area contributed by atoms with Crippen LogP contribution in [-0.2, 0) is 10.8 Å². The van der Waals surface area contributed by atoms with E-state index in [2.05, 4.69) is 149 Å². The normalized spacial score (nSPS) is 14.7. The minimum Gasteiger partial charge on any atom is -0.458 e. The maximum Gasteiger partial charge on any atom is 0.256 e. The summed E-state index contributed by atoms with van der Waals surface area (Å²) in [5, 5.41) is 6.67. The molecule has 0 unspecified atom stereocenters. The lowest BCUT2D eigenvalue weighted by molar-refractivity contribution is 0.464. The van der Waals surface area contributed by atoms with Crippen molar-refractivity contribution in [3.8, 4) is 28.7 Å². The van der Waals surface area contributed by atoms with Crippen LogP contribution in [0.25, 0.3) is 71.4 Å². The van der Waals surface area contributed by atoms with E-state index in [1.807, 2.05) is 0 Å². The summed E-state index contributed by atoms with van der Waals surface area (Å²) >= 11 is 0. The first kappa shape index (κ1) is 30.8. The fourth-order valence-electron chi connectivity index (χ4n) is 10.9. The molecule has 0 N–H and O–H groups in total. The number of benzene rings is 7. The zero-order valence-electron chi connectivity index (χ0n) is 32.5. The van der Waals surface area contributed by atoms with Gasteiger partial charge in [-0.25, -0.2) is 0 Å². The van der Waals surface area contributed by atoms with Crippen molar-refractivity contribution in [3.63, 3.8) is 0 Å². The number of hydrogen-bond donors (Lipinski definition) is 0. The molecule has 0 spiro atoms. The molecule has 4 aliphatic heterocycles. The van der Waals surface area contributed by atoms with Gasteiger partial charge in [-0.2, -0.15) is 0 Å². The second-order valence-electron chi connectivity index (χ2n) is 18.8. The Balaban J connectivity index is 1.27. The second-order valence-corrected chi connectivity index (χ2v) is 18.8. The first-order valence-electron chi connectivity index (χ1n) is 20.1. The predicted molar refractivity (Wildman–Crippen MR) is 235 cm³/mol. The summed E-state index contributed by atoms with van der Waals surface area (Å²) in [6.45, 7) is 13.6. The highest BCUT2D eigenvalue weighted by molar-refractivity contribution is 7.03. The Kier molecular flexibility index (Phi) is 5.20. The van der Waals surface area contributed by atoms with Gasteiger partial charge in [0.1, 0.15) is 45.3 Å². The van der Waals surface area contributed by atoms with E-state index in [1.165, 1.54) is 60.6 Å². The van der Waals surface area contributed by atoms with E-state index in [0.717, 1.165) is 77.6 Å². The lowest BCUT2D eigenvalue weighted by Gasteiger charge is -2.40. The van der Waals surface area contributed by atoms with Crippen molar-refractivity contribution >= 4 is 112 Å². The molecule has 3 aromatic heterocycles. The summed E-state index contributed by atoms with van der Waals surface area (Å²) in [6.07, 6.45) is 0. The van der Waals surface area contributed by atoms with Gasteiger partial charge in [0.05, 0.1) is 21.8 Å². The van der Waals surface area contributed by atoms with Crippen molar-refractivity contribution in [2.24, 2.45) is 0 Å². The summed E-state index contributed by atoms with van der Waals surface area (Å²) in [4.78, 5) is 0. The first-order valence-corrected chi connectivity index (χ1v) is 20.1. The molecule has 7 heteroatoms. The summed E-state index contributed by atoms with van der Waals surface area (Å²) in [6, 6.07) is 37.6. The smallest absolute Gasteiger partial charge is 0.256 e. The lowest BCUT2D eigenvalue weighted by Crippen LogP contribution is -2.65. The van der Waals surface area contributed by atoms with Gasteiger partial charge in [-0.15, -0.1) is 0 Å². The number of fused-ring (bicyclic) bond motifs is 15. The zero-order chi connectivity index (χ0) is 38.0. The van der Waals surface area contributed by atoms with E-state index in [9.17, 15) is 0 Å². The van der Waals surface area contributed by atoms with Gasteiger partial charge < -0.3 is 22.9 Å². The molecule has 0 bridgehead atoms. The molecule has 270 valence electrons. The Labute approximate surface area is 328 Å². The van der Waals surface area contributed by atoms with Crippen molar-refractivity contribution in [1.29, 1.82) is 0 Å². The molecule has 0 atom stereocenters. The topological polar surface area (TPSA) is 49.7 Å². The molecule has 0 amide bonds. The Bertz CT molecular complexity index is 3340. The Hall–Kier alpha value is -6.33. The highest BCUT2D eigenvalue weighted by Gasteiger charge is 2.50. The van der Waals surface area contributed by atoms with Crippen molar-refractivity contribution in [2.45, 2.75) is 52.4 Å². The molecule has 10 aromatic rings. The van der Waals surface area contributed by atoms with Crippen LogP contribution in [0.5, 0.6) is 23.0 Å². The van der Waals surface area contributed by atoms with Gasteiger partial charge in [0.25, 0.3) is 13.4 Å².